The molecule has 4 rings (SSSR count). The van der Waals surface area contributed by atoms with Crippen LogP contribution in [0.4, 0.5) is 5.69 Å². The number of carbonyl (C=O) groups is 1. The molecule has 0 saturated carbocycles. The maximum absolute atomic E-state index is 13.1. The largest absolute Gasteiger partial charge is 0.497 e. The van der Waals surface area contributed by atoms with E-state index in [9.17, 15) is 13.2 Å². The Morgan fingerprint density at radius 1 is 1.12 bits per heavy atom. The molecule has 1 N–H and O–H groups in total. The highest BCUT2D eigenvalue weighted by molar-refractivity contribution is 7.89. The van der Waals surface area contributed by atoms with E-state index in [0.717, 1.165) is 37.4 Å². The van der Waals surface area contributed by atoms with Gasteiger partial charge in [0.15, 0.2) is 5.76 Å². The number of benzene rings is 1. The van der Waals surface area contributed by atoms with Crippen molar-refractivity contribution in [2.75, 3.05) is 38.2 Å². The summed E-state index contributed by atoms with van der Waals surface area (Å²) in [6.45, 7) is 5.51. The zero-order valence-electron chi connectivity index (χ0n) is 19.4. The van der Waals surface area contributed by atoms with Crippen LogP contribution in [0.15, 0.2) is 33.7 Å². The number of piperidine rings is 2. The number of anilines is 1. The van der Waals surface area contributed by atoms with E-state index in [1.165, 1.54) is 4.31 Å². The molecule has 180 valence electrons. The lowest BCUT2D eigenvalue weighted by Gasteiger charge is -2.36. The maximum Gasteiger partial charge on any atom is 0.248 e. The molecule has 2 aromatic rings. The van der Waals surface area contributed by atoms with E-state index in [1.54, 1.807) is 21.0 Å². The number of nitrogens with one attached hydrogen (secondary N) is 1. The molecule has 10 heteroatoms. The van der Waals surface area contributed by atoms with Crippen molar-refractivity contribution in [3.63, 3.8) is 0 Å². The second-order valence-corrected chi connectivity index (χ2v) is 10.7. The van der Waals surface area contributed by atoms with Crippen LogP contribution in [-0.4, -0.2) is 63.1 Å². The van der Waals surface area contributed by atoms with Gasteiger partial charge in [-0.25, -0.2) is 8.42 Å². The molecule has 2 aliphatic rings. The first-order chi connectivity index (χ1) is 15.8. The molecule has 0 spiro atoms. The Morgan fingerprint density at radius 2 is 1.82 bits per heavy atom. The Kier molecular flexibility index (Phi) is 6.94. The number of amides is 1. The summed E-state index contributed by atoms with van der Waals surface area (Å²) in [5.41, 5.74) is 1.50. The standard InChI is InChI=1S/C23H32N4O5S/c1-16-22(17(2)32-25-16)33(29,30)27-12-4-5-18(15-27)23(28)24-19-10-13-26(14-11-19)20-6-8-21(31-3)9-7-20/h6-9,18-19H,4-5,10-15H2,1-3H3,(H,24,28). The van der Waals surface area contributed by atoms with Gasteiger partial charge in [-0.05, 0) is 63.8 Å². The summed E-state index contributed by atoms with van der Waals surface area (Å²) in [6, 6.07) is 8.10. The van der Waals surface area contributed by atoms with Crippen LogP contribution < -0.4 is 15.0 Å². The van der Waals surface area contributed by atoms with Gasteiger partial charge < -0.3 is 19.5 Å². The number of methoxy groups -OCH3 is 1. The molecule has 2 aliphatic heterocycles. The van der Waals surface area contributed by atoms with Crippen molar-refractivity contribution in [3.8, 4) is 5.75 Å². The van der Waals surface area contributed by atoms with E-state index in [1.807, 2.05) is 24.3 Å². The van der Waals surface area contributed by atoms with Gasteiger partial charge in [-0.15, -0.1) is 0 Å². The number of aryl methyl sites for hydroxylation is 2. The third kappa shape index (κ3) is 5.01. The van der Waals surface area contributed by atoms with Crippen LogP contribution in [0.5, 0.6) is 5.75 Å². The van der Waals surface area contributed by atoms with Crippen LogP contribution in [0, 0.1) is 19.8 Å². The topological polar surface area (TPSA) is 105 Å². The fourth-order valence-electron chi connectivity index (χ4n) is 4.74. The summed E-state index contributed by atoms with van der Waals surface area (Å²) in [5, 5.41) is 6.95. The molecule has 0 bridgehead atoms. The molecule has 1 atom stereocenters. The highest BCUT2D eigenvalue weighted by Crippen LogP contribution is 2.28. The lowest BCUT2D eigenvalue weighted by molar-refractivity contribution is -0.126. The number of aromatic nitrogens is 1. The predicted octanol–water partition coefficient (Wildman–Crippen LogP) is 2.49. The first-order valence-corrected chi connectivity index (χ1v) is 12.9. The molecule has 3 heterocycles. The molecule has 0 aliphatic carbocycles. The van der Waals surface area contributed by atoms with E-state index in [2.05, 4.69) is 15.4 Å². The second kappa shape index (κ2) is 9.72. The highest BCUT2D eigenvalue weighted by Gasteiger charge is 2.37. The molecule has 33 heavy (non-hydrogen) atoms. The number of rotatable bonds is 6. The van der Waals surface area contributed by atoms with Crippen LogP contribution in [-0.2, 0) is 14.8 Å². The van der Waals surface area contributed by atoms with Crippen molar-refractivity contribution >= 4 is 21.6 Å². The van der Waals surface area contributed by atoms with Gasteiger partial charge in [-0.2, -0.15) is 4.31 Å². The Balaban J connectivity index is 1.32. The Labute approximate surface area is 195 Å². The molecular formula is C23H32N4O5S. The van der Waals surface area contributed by atoms with Crippen LogP contribution in [0.2, 0.25) is 0 Å². The molecule has 2 fully saturated rings. The second-order valence-electron chi connectivity index (χ2n) is 8.82. The zero-order chi connectivity index (χ0) is 23.6. The van der Waals surface area contributed by atoms with Crippen molar-refractivity contribution in [2.45, 2.75) is 50.5 Å². The van der Waals surface area contributed by atoms with E-state index in [0.29, 0.717) is 25.1 Å². The summed E-state index contributed by atoms with van der Waals surface area (Å²) >= 11 is 0. The number of ether oxygens (including phenoxy) is 1. The Morgan fingerprint density at radius 3 is 2.42 bits per heavy atom. The predicted molar refractivity (Wildman–Crippen MR) is 124 cm³/mol. The number of nitrogens with zero attached hydrogens (tertiary/aromatic N) is 3. The van der Waals surface area contributed by atoms with Gasteiger partial charge >= 0.3 is 0 Å². The average molecular weight is 477 g/mol. The van der Waals surface area contributed by atoms with E-state index < -0.39 is 10.0 Å². The summed E-state index contributed by atoms with van der Waals surface area (Å²) in [5.74, 6) is 0.701. The maximum atomic E-state index is 13.1. The average Bonchev–Trinajstić information content (AvgIpc) is 3.18. The lowest BCUT2D eigenvalue weighted by atomic mass is 9.97. The van der Waals surface area contributed by atoms with Gasteiger partial charge in [0.05, 0.1) is 13.0 Å². The van der Waals surface area contributed by atoms with Gasteiger partial charge in [0.25, 0.3) is 0 Å². The zero-order valence-corrected chi connectivity index (χ0v) is 20.2. The smallest absolute Gasteiger partial charge is 0.248 e. The van der Waals surface area contributed by atoms with Crippen molar-refractivity contribution in [1.82, 2.24) is 14.8 Å². The van der Waals surface area contributed by atoms with Crippen molar-refractivity contribution in [1.29, 1.82) is 0 Å². The minimum Gasteiger partial charge on any atom is -0.497 e. The fraction of sp³-hybridized carbons (Fsp3) is 0.565. The van der Waals surface area contributed by atoms with Crippen LogP contribution >= 0.6 is 0 Å². The first kappa shape index (κ1) is 23.6. The quantitative estimate of drug-likeness (QED) is 0.683. The molecule has 9 nitrogen and oxygen atoms in total. The number of carbonyl (C=O) groups excluding carboxylic acids is 1. The first-order valence-electron chi connectivity index (χ1n) is 11.4. The van der Waals surface area contributed by atoms with E-state index in [4.69, 9.17) is 9.26 Å². The van der Waals surface area contributed by atoms with Crippen molar-refractivity contribution in [3.05, 3.63) is 35.7 Å². The molecule has 0 radical (unpaired) electrons. The third-order valence-corrected chi connectivity index (χ3v) is 8.71. The Bertz CT molecular complexity index is 1060. The minimum atomic E-state index is -3.74. The van der Waals surface area contributed by atoms with E-state index in [-0.39, 0.29) is 35.1 Å². The summed E-state index contributed by atoms with van der Waals surface area (Å²) in [4.78, 5) is 15.4. The lowest BCUT2D eigenvalue weighted by Crippen LogP contribution is -2.50. The summed E-state index contributed by atoms with van der Waals surface area (Å²) < 4.78 is 38.0. The number of sulfonamides is 1. The Hall–Kier alpha value is -2.59. The third-order valence-electron chi connectivity index (χ3n) is 6.60. The van der Waals surface area contributed by atoms with Gasteiger partial charge in [0, 0.05) is 37.9 Å². The van der Waals surface area contributed by atoms with Gasteiger partial charge in [-0.3, -0.25) is 4.79 Å². The summed E-state index contributed by atoms with van der Waals surface area (Å²) in [6.07, 6.45) is 3.04. The SMILES string of the molecule is COc1ccc(N2CCC(NC(=O)C3CCCN(S(=O)(=O)c4c(C)noc4C)C3)CC2)cc1. The van der Waals surface area contributed by atoms with Crippen LogP contribution in [0.3, 0.4) is 0 Å². The van der Waals surface area contributed by atoms with Crippen LogP contribution in [0.1, 0.15) is 37.1 Å². The molecule has 1 unspecified atom stereocenters. The highest BCUT2D eigenvalue weighted by atomic mass is 32.2. The number of hydrogen-bond acceptors (Lipinski definition) is 7. The van der Waals surface area contributed by atoms with Gasteiger partial charge in [-0.1, -0.05) is 5.16 Å². The van der Waals surface area contributed by atoms with Crippen molar-refractivity contribution in [2.24, 2.45) is 5.92 Å². The number of hydrogen-bond donors (Lipinski definition) is 1. The monoisotopic (exact) mass is 476 g/mol. The molecule has 1 amide bonds. The molecule has 1 aromatic carbocycles. The summed E-state index contributed by atoms with van der Waals surface area (Å²) in [7, 11) is -2.09. The van der Waals surface area contributed by atoms with Crippen molar-refractivity contribution < 1.29 is 22.5 Å². The molecule has 2 saturated heterocycles. The molecule has 1 aromatic heterocycles. The molecular weight excluding hydrogens is 444 g/mol. The van der Waals surface area contributed by atoms with Gasteiger partial charge in [0.2, 0.25) is 15.9 Å². The van der Waals surface area contributed by atoms with Crippen LogP contribution in [0.25, 0.3) is 0 Å². The normalized spacial score (nSPS) is 20.6. The minimum absolute atomic E-state index is 0.0587. The van der Waals surface area contributed by atoms with Gasteiger partial charge in [0.1, 0.15) is 16.3 Å². The van der Waals surface area contributed by atoms with E-state index >= 15 is 0 Å². The fourth-order valence-corrected chi connectivity index (χ4v) is 6.56.